The van der Waals surface area contributed by atoms with Crippen LogP contribution in [-0.4, -0.2) is 43.8 Å². The first-order valence-corrected chi connectivity index (χ1v) is 10.2. The molecule has 1 aliphatic heterocycles. The number of hydrogen-bond donors (Lipinski definition) is 0. The molecule has 0 N–H and O–H groups in total. The van der Waals surface area contributed by atoms with Crippen molar-refractivity contribution in [1.82, 2.24) is 9.21 Å². The molecule has 1 fully saturated rings. The molecule has 1 saturated heterocycles. The lowest BCUT2D eigenvalue weighted by Crippen LogP contribution is -2.48. The van der Waals surface area contributed by atoms with Crippen molar-refractivity contribution in [2.75, 3.05) is 26.2 Å². The van der Waals surface area contributed by atoms with Crippen LogP contribution in [0.1, 0.15) is 16.7 Å². The highest BCUT2D eigenvalue weighted by molar-refractivity contribution is 7.89. The fourth-order valence-corrected chi connectivity index (χ4v) is 4.63. The van der Waals surface area contributed by atoms with Crippen molar-refractivity contribution in [2.24, 2.45) is 0 Å². The Morgan fingerprint density at radius 2 is 1.56 bits per heavy atom. The topological polar surface area (TPSA) is 40.6 Å². The number of rotatable bonds is 4. The predicted octanol–water partition coefficient (Wildman–Crippen LogP) is 3.46. The maximum atomic E-state index is 12.8. The van der Waals surface area contributed by atoms with Crippen LogP contribution in [0.25, 0.3) is 0 Å². The lowest BCUT2D eigenvalue weighted by atomic mass is 10.1. The van der Waals surface area contributed by atoms with Crippen LogP contribution in [0.3, 0.4) is 0 Å². The average Bonchev–Trinajstić information content (AvgIpc) is 2.60. The molecule has 0 saturated carbocycles. The maximum absolute atomic E-state index is 12.8. The quantitative estimate of drug-likeness (QED) is 0.818. The van der Waals surface area contributed by atoms with E-state index in [2.05, 4.69) is 4.90 Å². The van der Waals surface area contributed by atoms with Gasteiger partial charge in [0.05, 0.1) is 4.90 Å². The summed E-state index contributed by atoms with van der Waals surface area (Å²) in [5, 5.41) is 0.730. The summed E-state index contributed by atoms with van der Waals surface area (Å²) in [6.07, 6.45) is 0. The molecule has 0 unspecified atom stereocenters. The number of piperazine rings is 1. The highest BCUT2D eigenvalue weighted by Crippen LogP contribution is 2.21. The summed E-state index contributed by atoms with van der Waals surface area (Å²) in [6, 6.07) is 13.2. The second-order valence-electron chi connectivity index (χ2n) is 6.55. The third-order valence-corrected chi connectivity index (χ3v) is 6.91. The Balaban J connectivity index is 1.64. The van der Waals surface area contributed by atoms with E-state index in [0.717, 1.165) is 35.8 Å². The van der Waals surface area contributed by atoms with Crippen molar-refractivity contribution in [2.45, 2.75) is 25.3 Å². The summed E-state index contributed by atoms with van der Waals surface area (Å²) in [5.74, 6) is 0. The molecule has 3 rings (SSSR count). The SMILES string of the molecule is Cc1ccc(S(=O)(=O)N2CCN(Cc3ccc(Cl)cc3)CC2)cc1C. The Bertz CT molecular complexity index is 842. The van der Waals surface area contributed by atoms with Gasteiger partial charge in [0.1, 0.15) is 0 Å². The normalized spacial score (nSPS) is 16.9. The molecule has 25 heavy (non-hydrogen) atoms. The van der Waals surface area contributed by atoms with Crippen molar-refractivity contribution >= 4 is 21.6 Å². The van der Waals surface area contributed by atoms with E-state index >= 15 is 0 Å². The zero-order chi connectivity index (χ0) is 18.0. The number of aryl methyl sites for hydroxylation is 2. The molecule has 0 bridgehead atoms. The number of benzene rings is 2. The molecule has 2 aromatic carbocycles. The highest BCUT2D eigenvalue weighted by atomic mass is 35.5. The van der Waals surface area contributed by atoms with E-state index in [0.29, 0.717) is 18.0 Å². The summed E-state index contributed by atoms with van der Waals surface area (Å²) >= 11 is 5.92. The Hall–Kier alpha value is -1.40. The Morgan fingerprint density at radius 3 is 2.16 bits per heavy atom. The summed E-state index contributed by atoms with van der Waals surface area (Å²) in [4.78, 5) is 2.66. The summed E-state index contributed by atoms with van der Waals surface area (Å²) in [7, 11) is -3.41. The minimum absolute atomic E-state index is 0.391. The number of nitrogens with zero attached hydrogens (tertiary/aromatic N) is 2. The van der Waals surface area contributed by atoms with Gasteiger partial charge in [0.2, 0.25) is 10.0 Å². The van der Waals surface area contributed by atoms with E-state index in [1.807, 2.05) is 44.2 Å². The van der Waals surface area contributed by atoms with Gasteiger partial charge in [0.25, 0.3) is 0 Å². The summed E-state index contributed by atoms with van der Waals surface area (Å²) in [5.41, 5.74) is 3.30. The van der Waals surface area contributed by atoms with Crippen LogP contribution in [0.2, 0.25) is 5.02 Å². The molecule has 0 radical (unpaired) electrons. The number of halogens is 1. The molecule has 2 aromatic rings. The minimum atomic E-state index is -3.41. The predicted molar refractivity (Wildman–Crippen MR) is 101 cm³/mol. The van der Waals surface area contributed by atoms with E-state index in [1.54, 1.807) is 16.4 Å². The van der Waals surface area contributed by atoms with E-state index in [-0.39, 0.29) is 0 Å². The van der Waals surface area contributed by atoms with Crippen LogP contribution in [0, 0.1) is 13.8 Å². The molecule has 134 valence electrons. The minimum Gasteiger partial charge on any atom is -0.296 e. The van der Waals surface area contributed by atoms with Gasteiger partial charge in [-0.3, -0.25) is 4.90 Å². The van der Waals surface area contributed by atoms with Crippen LogP contribution in [0.5, 0.6) is 0 Å². The van der Waals surface area contributed by atoms with Gasteiger partial charge in [-0.1, -0.05) is 29.8 Å². The molecule has 1 aliphatic rings. The Labute approximate surface area is 155 Å². The van der Waals surface area contributed by atoms with Gasteiger partial charge in [-0.2, -0.15) is 4.31 Å². The van der Waals surface area contributed by atoms with Gasteiger partial charge in [0.15, 0.2) is 0 Å². The second kappa shape index (κ2) is 7.46. The van der Waals surface area contributed by atoms with Gasteiger partial charge in [-0.15, -0.1) is 0 Å². The van der Waals surface area contributed by atoms with Gasteiger partial charge < -0.3 is 0 Å². The first-order valence-electron chi connectivity index (χ1n) is 8.40. The molecule has 0 spiro atoms. The van der Waals surface area contributed by atoms with Crippen molar-refractivity contribution in [1.29, 1.82) is 0 Å². The maximum Gasteiger partial charge on any atom is 0.243 e. The lowest BCUT2D eigenvalue weighted by Gasteiger charge is -2.34. The Morgan fingerprint density at radius 1 is 0.920 bits per heavy atom. The summed E-state index contributed by atoms with van der Waals surface area (Å²) < 4.78 is 27.3. The highest BCUT2D eigenvalue weighted by Gasteiger charge is 2.28. The van der Waals surface area contributed by atoms with Crippen molar-refractivity contribution in [3.63, 3.8) is 0 Å². The van der Waals surface area contributed by atoms with Gasteiger partial charge in [-0.05, 0) is 54.8 Å². The molecule has 1 heterocycles. The molecule has 0 atom stereocenters. The van der Waals surface area contributed by atoms with Crippen LogP contribution in [-0.2, 0) is 16.6 Å². The molecule has 6 heteroatoms. The van der Waals surface area contributed by atoms with E-state index in [9.17, 15) is 8.42 Å². The first-order chi connectivity index (χ1) is 11.9. The zero-order valence-corrected chi connectivity index (χ0v) is 16.1. The zero-order valence-electron chi connectivity index (χ0n) is 14.6. The van der Waals surface area contributed by atoms with Crippen LogP contribution in [0.15, 0.2) is 47.4 Å². The molecular weight excluding hydrogens is 356 g/mol. The second-order valence-corrected chi connectivity index (χ2v) is 8.93. The third-order valence-electron chi connectivity index (χ3n) is 4.77. The summed E-state index contributed by atoms with van der Waals surface area (Å²) in [6.45, 7) is 7.24. The first kappa shape index (κ1) is 18.4. The largest absolute Gasteiger partial charge is 0.296 e. The molecule has 0 aliphatic carbocycles. The number of hydrogen-bond acceptors (Lipinski definition) is 3. The fraction of sp³-hybridized carbons (Fsp3) is 0.368. The smallest absolute Gasteiger partial charge is 0.243 e. The van der Waals surface area contributed by atoms with Gasteiger partial charge >= 0.3 is 0 Å². The van der Waals surface area contributed by atoms with E-state index in [4.69, 9.17) is 11.6 Å². The standard InChI is InChI=1S/C19H23ClN2O2S/c1-15-3-8-19(13-16(15)2)25(23,24)22-11-9-21(10-12-22)14-17-4-6-18(20)7-5-17/h3-8,13H,9-12,14H2,1-2H3. The van der Waals surface area contributed by atoms with Crippen LogP contribution < -0.4 is 0 Å². The third kappa shape index (κ3) is 4.23. The monoisotopic (exact) mass is 378 g/mol. The van der Waals surface area contributed by atoms with Crippen LogP contribution >= 0.6 is 11.6 Å². The van der Waals surface area contributed by atoms with Crippen molar-refractivity contribution < 1.29 is 8.42 Å². The lowest BCUT2D eigenvalue weighted by molar-refractivity contribution is 0.181. The molecular formula is C19H23ClN2O2S. The fourth-order valence-electron chi connectivity index (χ4n) is 3.00. The van der Waals surface area contributed by atoms with E-state index in [1.165, 1.54) is 5.56 Å². The van der Waals surface area contributed by atoms with Gasteiger partial charge in [0, 0.05) is 37.7 Å². The molecule has 0 amide bonds. The van der Waals surface area contributed by atoms with E-state index < -0.39 is 10.0 Å². The molecule has 0 aromatic heterocycles. The van der Waals surface area contributed by atoms with Crippen molar-refractivity contribution in [3.05, 3.63) is 64.2 Å². The van der Waals surface area contributed by atoms with Crippen LogP contribution in [0.4, 0.5) is 0 Å². The van der Waals surface area contributed by atoms with Gasteiger partial charge in [-0.25, -0.2) is 8.42 Å². The Kier molecular flexibility index (Phi) is 5.49. The number of sulfonamides is 1. The molecule has 4 nitrogen and oxygen atoms in total. The average molecular weight is 379 g/mol. The van der Waals surface area contributed by atoms with Crippen molar-refractivity contribution in [3.8, 4) is 0 Å².